The minimum absolute atomic E-state index is 0.0806. The second-order valence-electron chi connectivity index (χ2n) is 7.27. The maximum Gasteiger partial charge on any atom is 0.418 e. The molecule has 3 rings (SSSR count). The Morgan fingerprint density at radius 3 is 2.21 bits per heavy atom. The number of alkyl halides is 3. The van der Waals surface area contributed by atoms with Crippen LogP contribution in [-0.2, 0) is 27.5 Å². The molecule has 0 saturated heterocycles. The maximum atomic E-state index is 13.1. The summed E-state index contributed by atoms with van der Waals surface area (Å²) in [4.78, 5) is 12.1. The molecular formula is C23H20ClF3N2O4S. The largest absolute Gasteiger partial charge is 0.484 e. The van der Waals surface area contributed by atoms with E-state index in [1.807, 2.05) is 0 Å². The lowest BCUT2D eigenvalue weighted by atomic mass is 10.1. The predicted molar refractivity (Wildman–Crippen MR) is 124 cm³/mol. The van der Waals surface area contributed by atoms with Crippen molar-refractivity contribution in [3.05, 3.63) is 88.9 Å². The second kappa shape index (κ2) is 10.4. The molecular weight excluding hydrogens is 493 g/mol. The molecule has 180 valence electrons. The minimum atomic E-state index is -4.61. The summed E-state index contributed by atoms with van der Waals surface area (Å²) >= 11 is 5.87. The van der Waals surface area contributed by atoms with E-state index in [0.29, 0.717) is 10.7 Å². The molecule has 0 unspecified atom stereocenters. The van der Waals surface area contributed by atoms with Crippen molar-refractivity contribution in [2.24, 2.45) is 0 Å². The summed E-state index contributed by atoms with van der Waals surface area (Å²) in [6.07, 6.45) is -3.53. The first kappa shape index (κ1) is 25.4. The highest BCUT2D eigenvalue weighted by Gasteiger charge is 2.33. The number of halogens is 4. The van der Waals surface area contributed by atoms with Gasteiger partial charge in [0.15, 0.2) is 6.61 Å². The number of sulfonamides is 1. The fourth-order valence-corrected chi connectivity index (χ4v) is 4.05. The monoisotopic (exact) mass is 512 g/mol. The van der Waals surface area contributed by atoms with E-state index in [4.69, 9.17) is 16.3 Å². The normalized spacial score (nSPS) is 11.7. The van der Waals surface area contributed by atoms with Crippen molar-refractivity contribution < 1.29 is 31.1 Å². The number of nitrogens with zero attached hydrogens (tertiary/aromatic N) is 1. The first-order chi connectivity index (χ1) is 15.9. The molecule has 0 bridgehead atoms. The number of carbonyl (C=O) groups excluding carboxylic acids is 1. The van der Waals surface area contributed by atoms with Gasteiger partial charge >= 0.3 is 6.18 Å². The molecule has 0 aliphatic carbocycles. The quantitative estimate of drug-likeness (QED) is 0.442. The summed E-state index contributed by atoms with van der Waals surface area (Å²) in [6.45, 7) is -0.455. The van der Waals surface area contributed by atoms with Crippen LogP contribution in [0.3, 0.4) is 0 Å². The molecule has 3 aromatic carbocycles. The average Bonchev–Trinajstić information content (AvgIpc) is 2.76. The van der Waals surface area contributed by atoms with E-state index < -0.39 is 34.3 Å². The van der Waals surface area contributed by atoms with E-state index in [1.165, 1.54) is 40.7 Å². The summed E-state index contributed by atoms with van der Waals surface area (Å²) in [5.41, 5.74) is -0.237. The van der Waals surface area contributed by atoms with Crippen LogP contribution in [0.25, 0.3) is 0 Å². The highest BCUT2D eigenvalue weighted by molar-refractivity contribution is 7.92. The van der Waals surface area contributed by atoms with E-state index in [0.717, 1.165) is 24.0 Å². The van der Waals surface area contributed by atoms with Crippen molar-refractivity contribution in [3.63, 3.8) is 0 Å². The van der Waals surface area contributed by atoms with Crippen molar-refractivity contribution in [1.82, 2.24) is 0 Å². The Balaban J connectivity index is 1.66. The molecule has 0 aliphatic rings. The number of para-hydroxylation sites is 1. The first-order valence-corrected chi connectivity index (χ1v) is 12.1. The van der Waals surface area contributed by atoms with Crippen LogP contribution in [0.1, 0.15) is 11.1 Å². The summed E-state index contributed by atoms with van der Waals surface area (Å²) < 4.78 is 70.3. The molecule has 0 fully saturated rings. The van der Waals surface area contributed by atoms with Crippen LogP contribution in [0.15, 0.2) is 72.8 Å². The van der Waals surface area contributed by atoms with Crippen molar-refractivity contribution in [2.45, 2.75) is 12.7 Å². The molecule has 0 radical (unpaired) electrons. The van der Waals surface area contributed by atoms with Gasteiger partial charge in [0.05, 0.1) is 29.7 Å². The molecule has 11 heteroatoms. The van der Waals surface area contributed by atoms with Crippen molar-refractivity contribution in [2.75, 3.05) is 22.5 Å². The van der Waals surface area contributed by atoms with Gasteiger partial charge in [-0.25, -0.2) is 8.42 Å². The van der Waals surface area contributed by atoms with Crippen LogP contribution in [0, 0.1) is 0 Å². The number of hydrogen-bond donors (Lipinski definition) is 1. The van der Waals surface area contributed by atoms with Gasteiger partial charge in [0.25, 0.3) is 5.91 Å². The SMILES string of the molecule is CS(=O)(=O)N(Cc1ccc(Cl)cc1)c1ccc(OCC(=O)Nc2ccccc2C(F)(F)F)cc1. The lowest BCUT2D eigenvalue weighted by molar-refractivity contribution is -0.137. The van der Waals surface area contributed by atoms with Gasteiger partial charge in [-0.2, -0.15) is 13.2 Å². The van der Waals surface area contributed by atoms with E-state index >= 15 is 0 Å². The van der Waals surface area contributed by atoms with Crippen LogP contribution in [-0.4, -0.2) is 27.2 Å². The minimum Gasteiger partial charge on any atom is -0.484 e. The zero-order valence-electron chi connectivity index (χ0n) is 17.8. The average molecular weight is 513 g/mol. The van der Waals surface area contributed by atoms with Crippen LogP contribution in [0.2, 0.25) is 5.02 Å². The maximum absolute atomic E-state index is 13.1. The molecule has 34 heavy (non-hydrogen) atoms. The fraction of sp³-hybridized carbons (Fsp3) is 0.174. The van der Waals surface area contributed by atoms with Gasteiger partial charge in [0.2, 0.25) is 10.0 Å². The summed E-state index contributed by atoms with van der Waals surface area (Å²) in [7, 11) is -3.61. The molecule has 0 saturated carbocycles. The number of rotatable bonds is 8. The van der Waals surface area contributed by atoms with E-state index in [-0.39, 0.29) is 18.0 Å². The van der Waals surface area contributed by atoms with Gasteiger partial charge in [-0.05, 0) is 54.1 Å². The van der Waals surface area contributed by atoms with Gasteiger partial charge in [-0.15, -0.1) is 0 Å². The Morgan fingerprint density at radius 2 is 1.62 bits per heavy atom. The number of hydrogen-bond acceptors (Lipinski definition) is 4. The zero-order valence-corrected chi connectivity index (χ0v) is 19.4. The van der Waals surface area contributed by atoms with E-state index in [1.54, 1.807) is 24.3 Å². The van der Waals surface area contributed by atoms with Crippen LogP contribution >= 0.6 is 11.6 Å². The molecule has 0 spiro atoms. The molecule has 1 amide bonds. The Labute approximate surface area is 200 Å². The Morgan fingerprint density at radius 1 is 1.00 bits per heavy atom. The fourth-order valence-electron chi connectivity index (χ4n) is 3.04. The van der Waals surface area contributed by atoms with Gasteiger partial charge in [0.1, 0.15) is 5.75 Å². The number of amides is 1. The van der Waals surface area contributed by atoms with Gasteiger partial charge < -0.3 is 10.1 Å². The predicted octanol–water partition coefficient (Wildman–Crippen LogP) is 5.34. The van der Waals surface area contributed by atoms with Gasteiger partial charge in [-0.3, -0.25) is 9.10 Å². The molecule has 0 heterocycles. The standard InChI is InChI=1S/C23H20ClF3N2O4S/c1-34(31,32)29(14-16-6-8-17(24)9-7-16)18-10-12-19(13-11-18)33-15-22(30)28-21-5-3-2-4-20(21)23(25,26)27/h2-13H,14-15H2,1H3,(H,28,30). The van der Waals surface area contributed by atoms with Crippen LogP contribution in [0.4, 0.5) is 24.5 Å². The summed E-state index contributed by atoms with van der Waals surface area (Å²) in [6, 6.07) is 17.3. The topological polar surface area (TPSA) is 75.7 Å². The highest BCUT2D eigenvalue weighted by Crippen LogP contribution is 2.34. The van der Waals surface area contributed by atoms with Crippen LogP contribution in [0.5, 0.6) is 5.75 Å². The smallest absolute Gasteiger partial charge is 0.418 e. The Bertz CT molecular complexity index is 1250. The van der Waals surface area contributed by atoms with Crippen molar-refractivity contribution in [1.29, 1.82) is 0 Å². The van der Waals surface area contributed by atoms with Crippen molar-refractivity contribution >= 4 is 38.9 Å². The lowest BCUT2D eigenvalue weighted by Crippen LogP contribution is -2.29. The lowest BCUT2D eigenvalue weighted by Gasteiger charge is -2.23. The molecule has 6 nitrogen and oxygen atoms in total. The summed E-state index contributed by atoms with van der Waals surface area (Å²) in [5.74, 6) is -0.538. The van der Waals surface area contributed by atoms with Crippen LogP contribution < -0.4 is 14.4 Å². The third-order valence-corrected chi connectivity index (χ3v) is 6.03. The molecule has 3 aromatic rings. The number of anilines is 2. The number of carbonyl (C=O) groups is 1. The van der Waals surface area contributed by atoms with Gasteiger partial charge in [-0.1, -0.05) is 35.9 Å². The molecule has 1 N–H and O–H groups in total. The van der Waals surface area contributed by atoms with E-state index in [2.05, 4.69) is 5.32 Å². The van der Waals surface area contributed by atoms with E-state index in [9.17, 15) is 26.4 Å². The molecule has 0 aliphatic heterocycles. The first-order valence-electron chi connectivity index (χ1n) is 9.84. The highest BCUT2D eigenvalue weighted by atomic mass is 35.5. The molecule has 0 atom stereocenters. The number of ether oxygens (including phenoxy) is 1. The van der Waals surface area contributed by atoms with Gasteiger partial charge in [0, 0.05) is 5.02 Å². The zero-order chi connectivity index (χ0) is 24.9. The van der Waals surface area contributed by atoms with Crippen molar-refractivity contribution in [3.8, 4) is 5.75 Å². The number of benzene rings is 3. The Hall–Kier alpha value is -3.24. The Kier molecular flexibility index (Phi) is 7.73. The number of nitrogens with one attached hydrogen (secondary N) is 1. The third kappa shape index (κ3) is 6.88. The second-order valence-corrected chi connectivity index (χ2v) is 9.61. The summed E-state index contributed by atoms with van der Waals surface area (Å²) in [5, 5.41) is 2.72. The third-order valence-electron chi connectivity index (χ3n) is 4.64. The molecule has 0 aromatic heterocycles.